The molecule has 0 aliphatic heterocycles. The maximum atomic E-state index is 11.7. The Bertz CT molecular complexity index is 455. The summed E-state index contributed by atoms with van der Waals surface area (Å²) in [4.78, 5) is 15.8. The van der Waals surface area contributed by atoms with Crippen LogP contribution in [0.25, 0.3) is 0 Å². The summed E-state index contributed by atoms with van der Waals surface area (Å²) in [7, 11) is 1.67. The van der Waals surface area contributed by atoms with E-state index in [9.17, 15) is 4.79 Å². The molecule has 0 aliphatic carbocycles. The molecule has 0 saturated carbocycles. The van der Waals surface area contributed by atoms with Gasteiger partial charge in [0.25, 0.3) is 0 Å². The lowest BCUT2D eigenvalue weighted by atomic mass is 10.1. The third-order valence-corrected chi connectivity index (χ3v) is 2.96. The van der Waals surface area contributed by atoms with Crippen molar-refractivity contribution >= 4 is 35.8 Å². The molecule has 1 rings (SSSR count). The number of hydrogen-bond donors (Lipinski definition) is 3. The number of nitrogens with zero attached hydrogens (tertiary/aromatic N) is 1. The van der Waals surface area contributed by atoms with Crippen LogP contribution in [0.3, 0.4) is 0 Å². The van der Waals surface area contributed by atoms with Crippen LogP contribution in [-0.2, 0) is 16.0 Å². The molecule has 1 amide bonds. The van der Waals surface area contributed by atoms with E-state index in [0.717, 1.165) is 6.42 Å². The predicted octanol–water partition coefficient (Wildman–Crippen LogP) is 1.16. The molecule has 3 N–H and O–H groups in total. The zero-order valence-electron chi connectivity index (χ0n) is 13.8. The van der Waals surface area contributed by atoms with Gasteiger partial charge >= 0.3 is 0 Å². The van der Waals surface area contributed by atoms with Crippen LogP contribution in [0.15, 0.2) is 35.3 Å². The third-order valence-electron chi connectivity index (χ3n) is 2.96. The topological polar surface area (TPSA) is 74.8 Å². The second-order valence-electron chi connectivity index (χ2n) is 4.64. The lowest BCUT2D eigenvalue weighted by molar-refractivity contribution is -0.119. The van der Waals surface area contributed by atoms with E-state index in [4.69, 9.17) is 4.74 Å². The number of guanidine groups is 1. The monoisotopic (exact) mass is 434 g/mol. The molecule has 7 heteroatoms. The highest BCUT2D eigenvalue weighted by Crippen LogP contribution is 1.97. The Morgan fingerprint density at radius 1 is 1.13 bits per heavy atom. The number of amides is 1. The molecule has 1 aromatic carbocycles. The summed E-state index contributed by atoms with van der Waals surface area (Å²) in [6, 6.07) is 10.1. The molecule has 0 aliphatic rings. The molecule has 0 fully saturated rings. The normalized spacial score (nSPS) is 10.6. The summed E-state index contributed by atoms with van der Waals surface area (Å²) >= 11 is 0. The van der Waals surface area contributed by atoms with E-state index in [1.54, 1.807) is 7.05 Å². The van der Waals surface area contributed by atoms with Crippen molar-refractivity contribution in [1.82, 2.24) is 16.0 Å². The number of nitrogens with one attached hydrogen (secondary N) is 3. The van der Waals surface area contributed by atoms with Crippen molar-refractivity contribution < 1.29 is 9.53 Å². The third kappa shape index (κ3) is 10.9. The van der Waals surface area contributed by atoms with Crippen molar-refractivity contribution in [2.75, 3.05) is 39.9 Å². The Morgan fingerprint density at radius 2 is 1.87 bits per heavy atom. The SMILES string of the molecule is CCOCCNC(=NC)NCC(=O)NCCc1ccccc1.I. The summed E-state index contributed by atoms with van der Waals surface area (Å²) in [6.07, 6.45) is 0.827. The number of benzene rings is 1. The Morgan fingerprint density at radius 3 is 2.52 bits per heavy atom. The first kappa shape index (κ1) is 21.6. The van der Waals surface area contributed by atoms with E-state index in [0.29, 0.717) is 32.3 Å². The molecule has 0 atom stereocenters. The van der Waals surface area contributed by atoms with Gasteiger partial charge in [-0.05, 0) is 18.9 Å². The number of rotatable bonds is 9. The lowest BCUT2D eigenvalue weighted by Gasteiger charge is -2.12. The average Bonchev–Trinajstić information content (AvgIpc) is 2.55. The second-order valence-corrected chi connectivity index (χ2v) is 4.64. The van der Waals surface area contributed by atoms with Crippen molar-refractivity contribution in [3.05, 3.63) is 35.9 Å². The molecular formula is C16H27IN4O2. The maximum absolute atomic E-state index is 11.7. The Kier molecular flexibility index (Phi) is 13.4. The molecule has 0 spiro atoms. The van der Waals surface area contributed by atoms with Crippen LogP contribution < -0.4 is 16.0 Å². The van der Waals surface area contributed by atoms with Gasteiger partial charge in [0.15, 0.2) is 5.96 Å². The Hall–Kier alpha value is -1.35. The van der Waals surface area contributed by atoms with Gasteiger partial charge in [0.1, 0.15) is 0 Å². The van der Waals surface area contributed by atoms with Crippen LogP contribution >= 0.6 is 24.0 Å². The average molecular weight is 434 g/mol. The van der Waals surface area contributed by atoms with Crippen molar-refractivity contribution in [2.45, 2.75) is 13.3 Å². The first-order valence-electron chi connectivity index (χ1n) is 7.59. The van der Waals surface area contributed by atoms with E-state index >= 15 is 0 Å². The fraction of sp³-hybridized carbons (Fsp3) is 0.500. The van der Waals surface area contributed by atoms with Crippen LogP contribution in [-0.4, -0.2) is 51.8 Å². The van der Waals surface area contributed by atoms with E-state index in [2.05, 4.69) is 33.1 Å². The fourth-order valence-corrected chi connectivity index (χ4v) is 1.82. The second kappa shape index (κ2) is 14.3. The molecule has 130 valence electrons. The first-order chi connectivity index (χ1) is 10.8. The molecular weight excluding hydrogens is 407 g/mol. The quantitative estimate of drug-likeness (QED) is 0.236. The number of hydrogen-bond acceptors (Lipinski definition) is 3. The van der Waals surface area contributed by atoms with Gasteiger partial charge in [-0.15, -0.1) is 24.0 Å². The van der Waals surface area contributed by atoms with Gasteiger partial charge in [0.05, 0.1) is 13.2 Å². The van der Waals surface area contributed by atoms with Crippen LogP contribution in [0.4, 0.5) is 0 Å². The molecule has 6 nitrogen and oxygen atoms in total. The van der Waals surface area contributed by atoms with Gasteiger partial charge in [-0.3, -0.25) is 9.79 Å². The highest BCUT2D eigenvalue weighted by atomic mass is 127. The predicted molar refractivity (Wildman–Crippen MR) is 104 cm³/mol. The number of carbonyl (C=O) groups is 1. The summed E-state index contributed by atoms with van der Waals surface area (Å²) in [5.74, 6) is 0.543. The highest BCUT2D eigenvalue weighted by molar-refractivity contribution is 14.0. The van der Waals surface area contributed by atoms with E-state index in [1.807, 2.05) is 25.1 Å². The molecule has 0 unspecified atom stereocenters. The molecule has 0 aromatic heterocycles. The summed E-state index contributed by atoms with van der Waals surface area (Å²) in [6.45, 7) is 4.73. The van der Waals surface area contributed by atoms with Gasteiger partial charge in [-0.25, -0.2) is 0 Å². The number of ether oxygens (including phenoxy) is 1. The standard InChI is InChI=1S/C16H26N4O2.HI/c1-3-22-12-11-19-16(17-2)20-13-15(21)18-10-9-14-7-5-4-6-8-14;/h4-8H,3,9-13H2,1-2H3,(H,18,21)(H2,17,19,20);1H. The van der Waals surface area contributed by atoms with Crippen LogP contribution in [0, 0.1) is 0 Å². The molecule has 1 aromatic rings. The van der Waals surface area contributed by atoms with Crippen molar-refractivity contribution in [3.63, 3.8) is 0 Å². The summed E-state index contributed by atoms with van der Waals surface area (Å²) in [5, 5.41) is 8.92. The van der Waals surface area contributed by atoms with E-state index in [-0.39, 0.29) is 36.4 Å². The van der Waals surface area contributed by atoms with Crippen molar-refractivity contribution in [3.8, 4) is 0 Å². The van der Waals surface area contributed by atoms with E-state index < -0.39 is 0 Å². The number of aliphatic imine (C=N–C) groups is 1. The largest absolute Gasteiger partial charge is 0.380 e. The highest BCUT2D eigenvalue weighted by Gasteiger charge is 2.03. The minimum Gasteiger partial charge on any atom is -0.380 e. The lowest BCUT2D eigenvalue weighted by Crippen LogP contribution is -2.44. The summed E-state index contributed by atoms with van der Waals surface area (Å²) < 4.78 is 5.22. The van der Waals surface area contributed by atoms with Crippen LogP contribution in [0.5, 0.6) is 0 Å². The van der Waals surface area contributed by atoms with Gasteiger partial charge in [0.2, 0.25) is 5.91 Å². The maximum Gasteiger partial charge on any atom is 0.239 e. The minimum atomic E-state index is -0.0521. The Labute approximate surface area is 155 Å². The molecule has 23 heavy (non-hydrogen) atoms. The van der Waals surface area contributed by atoms with Gasteiger partial charge in [-0.2, -0.15) is 0 Å². The van der Waals surface area contributed by atoms with E-state index in [1.165, 1.54) is 5.56 Å². The van der Waals surface area contributed by atoms with Crippen LogP contribution in [0.2, 0.25) is 0 Å². The Balaban J connectivity index is 0.00000484. The fourth-order valence-electron chi connectivity index (χ4n) is 1.82. The molecule has 0 heterocycles. The molecule has 0 bridgehead atoms. The number of halogens is 1. The van der Waals surface area contributed by atoms with Crippen molar-refractivity contribution in [1.29, 1.82) is 0 Å². The summed E-state index contributed by atoms with van der Waals surface area (Å²) in [5.41, 5.74) is 1.21. The zero-order valence-corrected chi connectivity index (χ0v) is 16.1. The zero-order chi connectivity index (χ0) is 16.0. The molecule has 0 saturated heterocycles. The van der Waals surface area contributed by atoms with Gasteiger partial charge in [0, 0.05) is 26.7 Å². The van der Waals surface area contributed by atoms with Crippen LogP contribution in [0.1, 0.15) is 12.5 Å². The minimum absolute atomic E-state index is 0. The molecule has 0 radical (unpaired) electrons. The van der Waals surface area contributed by atoms with Gasteiger partial charge < -0.3 is 20.7 Å². The van der Waals surface area contributed by atoms with Gasteiger partial charge in [-0.1, -0.05) is 30.3 Å². The smallest absolute Gasteiger partial charge is 0.239 e. The number of carbonyl (C=O) groups excluding carboxylic acids is 1. The van der Waals surface area contributed by atoms with Crippen molar-refractivity contribution in [2.24, 2.45) is 4.99 Å². The first-order valence-corrected chi connectivity index (χ1v) is 7.59.